The van der Waals surface area contributed by atoms with Gasteiger partial charge >= 0.3 is 0 Å². The van der Waals surface area contributed by atoms with Crippen molar-refractivity contribution < 1.29 is 9.52 Å². The quantitative estimate of drug-likeness (QED) is 0.583. The Hall–Kier alpha value is -1.09. The maximum absolute atomic E-state index is 9.06. The second kappa shape index (κ2) is 3.93. The number of thiol groups is 1. The van der Waals surface area contributed by atoms with E-state index in [0.717, 1.165) is 0 Å². The van der Waals surface area contributed by atoms with Gasteiger partial charge in [-0.05, 0) is 12.1 Å². The van der Waals surface area contributed by atoms with Crippen LogP contribution in [0.25, 0.3) is 0 Å². The van der Waals surface area contributed by atoms with Gasteiger partial charge in [0.25, 0.3) is 5.95 Å². The molecule has 1 heterocycles. The molecule has 0 aromatic carbocycles. The van der Waals surface area contributed by atoms with E-state index in [4.69, 9.17) is 9.52 Å². The Balaban J connectivity index is 3.28. The topological polar surface area (TPSA) is 33.4 Å². The Morgan fingerprint density at radius 1 is 1.18 bits per heavy atom. The fourth-order valence-corrected chi connectivity index (χ4v) is 0.695. The zero-order valence-electron chi connectivity index (χ0n) is 5.77. The van der Waals surface area contributed by atoms with E-state index < -0.39 is 0 Å². The van der Waals surface area contributed by atoms with Crippen LogP contribution in [0.15, 0.2) is 45.9 Å². The molecule has 0 radical (unpaired) electrons. The minimum atomic E-state index is -0.190. The smallest absolute Gasteiger partial charge is 0.295 e. The van der Waals surface area contributed by atoms with E-state index in [2.05, 4.69) is 12.6 Å². The van der Waals surface area contributed by atoms with Crippen molar-refractivity contribution in [2.75, 3.05) is 0 Å². The molecule has 58 valence electrons. The fourth-order valence-electron chi connectivity index (χ4n) is 0.556. The Morgan fingerprint density at radius 2 is 1.91 bits per heavy atom. The SMILES string of the molecule is Oc1occccccc1S. The van der Waals surface area contributed by atoms with Crippen LogP contribution in [-0.4, -0.2) is 5.11 Å². The summed E-state index contributed by atoms with van der Waals surface area (Å²) in [5, 5.41) is 9.06. The lowest BCUT2D eigenvalue weighted by Gasteiger charge is -1.86. The first-order valence-electron chi connectivity index (χ1n) is 3.09. The highest BCUT2D eigenvalue weighted by Crippen LogP contribution is 2.16. The summed E-state index contributed by atoms with van der Waals surface area (Å²) in [5.74, 6) is -0.190. The molecule has 0 unspecified atom stereocenters. The number of hydrogen-bond acceptors (Lipinski definition) is 3. The Morgan fingerprint density at radius 3 is 2.73 bits per heavy atom. The monoisotopic (exact) mass is 168 g/mol. The summed E-state index contributed by atoms with van der Waals surface area (Å²) in [6.07, 6.45) is 1.38. The summed E-state index contributed by atoms with van der Waals surface area (Å²) in [4.78, 5) is 0.404. The van der Waals surface area contributed by atoms with Crippen molar-refractivity contribution in [1.82, 2.24) is 0 Å². The first kappa shape index (κ1) is 8.01. The molecule has 1 aromatic heterocycles. The molecular weight excluding hydrogens is 160 g/mol. The summed E-state index contributed by atoms with van der Waals surface area (Å²) in [7, 11) is 0. The molecular formula is C8H8O2S. The van der Waals surface area contributed by atoms with Crippen LogP contribution in [-0.2, 0) is 0 Å². The van der Waals surface area contributed by atoms with Gasteiger partial charge in [0.05, 0.1) is 11.2 Å². The van der Waals surface area contributed by atoms with Crippen LogP contribution in [0.3, 0.4) is 0 Å². The van der Waals surface area contributed by atoms with E-state index in [9.17, 15) is 0 Å². The molecule has 0 amide bonds. The largest absolute Gasteiger partial charge is 0.480 e. The van der Waals surface area contributed by atoms with Gasteiger partial charge in [-0.2, -0.15) is 0 Å². The third kappa shape index (κ3) is 2.55. The van der Waals surface area contributed by atoms with E-state index in [1.807, 2.05) is 6.07 Å². The molecule has 0 atom stereocenters. The van der Waals surface area contributed by atoms with E-state index >= 15 is 0 Å². The van der Waals surface area contributed by atoms with Crippen LogP contribution in [0.5, 0.6) is 5.95 Å². The van der Waals surface area contributed by atoms with Crippen LogP contribution in [0, 0.1) is 0 Å². The Bertz CT molecular complexity index is 252. The molecule has 1 aromatic rings. The van der Waals surface area contributed by atoms with Crippen LogP contribution in [0.1, 0.15) is 0 Å². The third-order valence-electron chi connectivity index (χ3n) is 1.06. The highest BCUT2D eigenvalue weighted by molar-refractivity contribution is 7.80. The van der Waals surface area contributed by atoms with Crippen molar-refractivity contribution in [3.8, 4) is 5.95 Å². The summed E-state index contributed by atoms with van der Waals surface area (Å²) < 4.78 is 4.75. The van der Waals surface area contributed by atoms with Crippen molar-refractivity contribution in [2.24, 2.45) is 0 Å². The number of hydrogen-bond donors (Lipinski definition) is 2. The number of rotatable bonds is 0. The molecule has 0 spiro atoms. The van der Waals surface area contributed by atoms with Gasteiger partial charge in [0.15, 0.2) is 0 Å². The molecule has 1 N–H and O–H groups in total. The summed E-state index contributed by atoms with van der Waals surface area (Å²) >= 11 is 3.97. The van der Waals surface area contributed by atoms with E-state index in [0.29, 0.717) is 4.90 Å². The molecule has 0 bridgehead atoms. The molecule has 3 heteroatoms. The lowest BCUT2D eigenvalue weighted by molar-refractivity contribution is 0.312. The lowest BCUT2D eigenvalue weighted by Crippen LogP contribution is -1.59. The Labute approximate surface area is 70.2 Å². The van der Waals surface area contributed by atoms with Crippen LogP contribution in [0.4, 0.5) is 0 Å². The van der Waals surface area contributed by atoms with E-state index in [1.54, 1.807) is 24.3 Å². The zero-order valence-corrected chi connectivity index (χ0v) is 6.66. The normalized spacial score (nSPS) is 8.82. The predicted octanol–water partition coefficient (Wildman–Crippen LogP) is 2.40. The van der Waals surface area contributed by atoms with E-state index in [-0.39, 0.29) is 5.95 Å². The van der Waals surface area contributed by atoms with Gasteiger partial charge in [0.1, 0.15) is 0 Å². The highest BCUT2D eigenvalue weighted by atomic mass is 32.1. The molecule has 0 saturated carbocycles. The van der Waals surface area contributed by atoms with Crippen LogP contribution < -0.4 is 0 Å². The molecule has 0 saturated heterocycles. The fraction of sp³-hybridized carbons (Fsp3) is 0. The van der Waals surface area contributed by atoms with Gasteiger partial charge in [0.2, 0.25) is 0 Å². The average Bonchev–Trinajstić information content (AvgIpc) is 2.07. The van der Waals surface area contributed by atoms with Crippen molar-refractivity contribution >= 4 is 12.6 Å². The second-order valence-corrected chi connectivity index (χ2v) is 2.36. The van der Waals surface area contributed by atoms with Crippen LogP contribution >= 0.6 is 12.6 Å². The highest BCUT2D eigenvalue weighted by Gasteiger charge is 1.89. The Kier molecular flexibility index (Phi) is 2.86. The van der Waals surface area contributed by atoms with Gasteiger partial charge in [-0.15, -0.1) is 12.6 Å². The minimum Gasteiger partial charge on any atom is -0.480 e. The van der Waals surface area contributed by atoms with Gasteiger partial charge in [-0.25, -0.2) is 0 Å². The molecule has 0 aliphatic rings. The molecule has 0 fully saturated rings. The third-order valence-corrected chi connectivity index (χ3v) is 1.41. The van der Waals surface area contributed by atoms with Crippen molar-refractivity contribution in [3.63, 3.8) is 0 Å². The first-order chi connectivity index (χ1) is 5.30. The molecule has 2 nitrogen and oxygen atoms in total. The van der Waals surface area contributed by atoms with Gasteiger partial charge in [0, 0.05) is 0 Å². The second-order valence-electron chi connectivity index (χ2n) is 1.88. The zero-order chi connectivity index (χ0) is 8.10. The standard InChI is InChI=1S/C8H8O2S/c9-8-7(11)5-3-1-2-4-6-10-8/h1-6,9,11H. The van der Waals surface area contributed by atoms with E-state index in [1.165, 1.54) is 6.26 Å². The van der Waals surface area contributed by atoms with Crippen molar-refractivity contribution in [2.45, 2.75) is 4.90 Å². The molecule has 1 rings (SSSR count). The predicted molar refractivity (Wildman–Crippen MR) is 45.3 cm³/mol. The minimum absolute atomic E-state index is 0.190. The molecule has 0 aliphatic carbocycles. The maximum atomic E-state index is 9.06. The molecule has 0 aliphatic heterocycles. The lowest BCUT2D eigenvalue weighted by atomic mass is 10.5. The molecule has 11 heavy (non-hydrogen) atoms. The van der Waals surface area contributed by atoms with Crippen LogP contribution in [0.2, 0.25) is 0 Å². The van der Waals surface area contributed by atoms with Gasteiger partial charge in [-0.1, -0.05) is 18.2 Å². The van der Waals surface area contributed by atoms with Crippen molar-refractivity contribution in [3.05, 3.63) is 36.6 Å². The van der Waals surface area contributed by atoms with Gasteiger partial charge < -0.3 is 9.52 Å². The average molecular weight is 168 g/mol. The first-order valence-corrected chi connectivity index (χ1v) is 3.54. The number of aromatic hydroxyl groups is 1. The maximum Gasteiger partial charge on any atom is 0.295 e. The van der Waals surface area contributed by atoms with Crippen molar-refractivity contribution in [1.29, 1.82) is 0 Å². The summed E-state index contributed by atoms with van der Waals surface area (Å²) in [5.41, 5.74) is 0. The van der Waals surface area contributed by atoms with Gasteiger partial charge in [-0.3, -0.25) is 0 Å². The summed E-state index contributed by atoms with van der Waals surface area (Å²) in [6, 6.07) is 8.68. The summed E-state index contributed by atoms with van der Waals surface area (Å²) in [6.45, 7) is 0.